The molecule has 17 heteroatoms. The highest BCUT2D eigenvalue weighted by atomic mass is 32.2. The van der Waals surface area contributed by atoms with E-state index in [0.717, 1.165) is 146 Å². The zero-order valence-electron chi connectivity index (χ0n) is 75.4. The van der Waals surface area contributed by atoms with Gasteiger partial charge in [0.25, 0.3) is 0 Å². The molecule has 0 aromatic heterocycles. The highest BCUT2D eigenvalue weighted by molar-refractivity contribution is 7.94. The van der Waals surface area contributed by atoms with E-state index in [2.05, 4.69) is 142 Å². The third kappa shape index (κ3) is 25.2. The molecule has 0 spiro atoms. The smallest absolute Gasteiger partial charge is 0.210 e. The van der Waals surface area contributed by atoms with Crippen LogP contribution in [0, 0.1) is 85.6 Å². The van der Waals surface area contributed by atoms with Gasteiger partial charge in [-0.15, -0.1) is 0 Å². The van der Waals surface area contributed by atoms with E-state index in [1.165, 1.54) is 162 Å². The lowest BCUT2D eigenvalue weighted by Crippen LogP contribution is -2.36. The maximum absolute atomic E-state index is 13.8. The first-order valence-corrected chi connectivity index (χ1v) is 53.5. The molecular weight excluding hydrogens is 1590 g/mol. The van der Waals surface area contributed by atoms with Crippen molar-refractivity contribution in [2.75, 3.05) is 24.5 Å². The minimum Gasteiger partial charge on any atom is -0.393 e. The van der Waals surface area contributed by atoms with E-state index in [1.807, 2.05) is 42.5 Å². The summed E-state index contributed by atoms with van der Waals surface area (Å²) in [5.41, 5.74) is 19.2. The van der Waals surface area contributed by atoms with Crippen molar-refractivity contribution in [3.8, 4) is 0 Å². The predicted molar refractivity (Wildman–Crippen MR) is 501 cm³/mol. The molecule has 1 aromatic carbocycles. The van der Waals surface area contributed by atoms with Gasteiger partial charge in [-0.2, -0.15) is 4.39 Å². The first-order valence-electron chi connectivity index (χ1n) is 46.0. The highest BCUT2D eigenvalue weighted by Crippen LogP contribution is 2.63. The quantitative estimate of drug-likeness (QED) is 0.0728. The SMILES string of the molecule is C=C1CC[C@H](O)C/C1=C/C=C1\CCC[C@@]2(C)C1CCC2C(C)CCS(=N)(=O)c1ccccc1.C=C1CC[C@H](O)C/C1=C/C=C1\CCC[C@]2(C)C(C(C)C/C=C/S(C)(=O)=O)CC[C@@H]12.C=C1CC[C@H](O)C/C1=C/C=C1\CCC[C@]2(C)C([C@H](C)C/C=C(\F)S(C)(=O)=O)=CC[C@@H]12.C=C1CC[C@H](O)C/C1=C/C=C1\CCC[C@]2(C)C([C@H](C)C/C=C/S(C)(=O)=O)=CC[C@@H]12. The minimum absolute atomic E-state index is 0.0422. The van der Waals surface area contributed by atoms with Crippen LogP contribution >= 0.6 is 0 Å². The average molecular weight is 1740 g/mol. The lowest BCUT2D eigenvalue weighted by Gasteiger charge is -2.44. The van der Waals surface area contributed by atoms with Gasteiger partial charge >= 0.3 is 0 Å². The highest BCUT2D eigenvalue weighted by Gasteiger charge is 2.53. The minimum atomic E-state index is -3.76. The van der Waals surface area contributed by atoms with E-state index in [9.17, 15) is 54.3 Å². The summed E-state index contributed by atoms with van der Waals surface area (Å²) in [6.07, 6.45) is 63.9. The zero-order valence-corrected chi connectivity index (χ0v) is 78.6. The van der Waals surface area contributed by atoms with Crippen LogP contribution in [0.2, 0.25) is 0 Å². The summed E-state index contributed by atoms with van der Waals surface area (Å²) in [5.74, 6) is 5.36. The third-order valence-electron chi connectivity index (χ3n) is 31.1. The van der Waals surface area contributed by atoms with Gasteiger partial charge in [0.05, 0.1) is 34.1 Å². The van der Waals surface area contributed by atoms with Gasteiger partial charge in [-0.1, -0.05) is 229 Å². The summed E-state index contributed by atoms with van der Waals surface area (Å²) in [5, 5.41) is 41.7. The maximum Gasteiger partial charge on any atom is 0.210 e. The Labute approximate surface area is 731 Å². The Kier molecular flexibility index (Phi) is 33.8. The fourth-order valence-corrected chi connectivity index (χ4v) is 27.1. The van der Waals surface area contributed by atoms with Crippen LogP contribution in [0.3, 0.4) is 0 Å². The van der Waals surface area contributed by atoms with Gasteiger partial charge < -0.3 is 20.4 Å². The Bertz CT molecular complexity index is 4790. The molecule has 0 amide bonds. The van der Waals surface area contributed by atoms with Gasteiger partial charge in [0.2, 0.25) is 15.0 Å². The van der Waals surface area contributed by atoms with Crippen LogP contribution < -0.4 is 0 Å². The Morgan fingerprint density at radius 1 is 0.463 bits per heavy atom. The number of allylic oxidation sites excluding steroid dienone is 23. The van der Waals surface area contributed by atoms with Crippen LogP contribution in [-0.4, -0.2) is 98.8 Å². The average Bonchev–Trinajstić information content (AvgIpc) is 1.64. The molecule has 13 rings (SSSR count). The van der Waals surface area contributed by atoms with Gasteiger partial charge in [0.1, 0.15) is 0 Å². The molecule has 12 aliphatic rings. The van der Waals surface area contributed by atoms with Crippen LogP contribution in [-0.2, 0) is 39.2 Å². The lowest BCUT2D eigenvalue weighted by molar-refractivity contribution is 0.0964. The van der Waals surface area contributed by atoms with Crippen LogP contribution in [0.25, 0.3) is 0 Å². The standard InChI is InChI=1S/C29H41NO2S.C25H35FO3S.C25H38O3S.C25H36O3S/c1-21-11-14-25(31)20-24(21)13-12-23-8-7-18-29(3)27(15-16-28(23)29)22(2)17-19-33(30,32)26-9-5-4-6-10-26;1-17-7-11-21(27)16-20(17)10-9-19-6-5-15-25(3)22(12-13-23(19)25)18(2)8-14-24(26)30(4,28)29;2*1-18-9-12-22(26)17-21(18)11-10-20-8-5-15-25(3)23(13-14-24(20)25)19(2)7-6-16-29(4,27)28/h4-6,9-10,12-13,22,25,27-28,30-31H,1,7-8,11,14-20H2,2-3H3;9-10,12,14,18,21,23,27H,1,5-8,11,13,15-16H2,2-4H3;6,10-11,16,19,22-24,26H,1,5,7-9,12-15,17H2,2-4H3;6,10-11,13,16,19,22,24,26H,1,5,7-9,12,14-15,17H2,2-4H3/b23-12+,24-13-;19-9+,20-10-,24-14+;2*16-6+,20-10+,21-11-/t22?,25-,27?,28?,29+,33?;18-,21+,23+,25-;19?,22-,23?,24-,25+;19-,22+,24+,25-/m0101/s1. The maximum atomic E-state index is 13.8. The molecule has 0 bridgehead atoms. The first kappa shape index (κ1) is 97.6. The molecule has 1 aromatic rings. The normalized spacial score (nSPS) is 35.4. The van der Waals surface area contributed by atoms with Crippen LogP contribution in [0.4, 0.5) is 4.39 Å². The fourth-order valence-electron chi connectivity index (χ4n) is 24.3. The molecule has 10 saturated carbocycles. The van der Waals surface area contributed by atoms with E-state index in [-0.39, 0.29) is 41.2 Å². The topological polar surface area (TPSA) is 224 Å². The summed E-state index contributed by atoms with van der Waals surface area (Å²) in [4.78, 5) is 0.665. The van der Waals surface area contributed by atoms with Crippen molar-refractivity contribution in [3.63, 3.8) is 0 Å². The lowest BCUT2D eigenvalue weighted by atomic mass is 9.61. The summed E-state index contributed by atoms with van der Waals surface area (Å²) in [7, 11) is -12.6. The third-order valence-corrected chi connectivity index (χ3v) is 35.2. The van der Waals surface area contributed by atoms with Crippen molar-refractivity contribution in [2.45, 2.75) is 303 Å². The monoisotopic (exact) mass is 1740 g/mol. The number of aliphatic hydroxyl groups is 4. The molecule has 5 N–H and O–H groups in total. The van der Waals surface area contributed by atoms with Crippen molar-refractivity contribution in [1.82, 2.24) is 0 Å². The summed E-state index contributed by atoms with van der Waals surface area (Å²) < 4.78 is 104. The number of halogens is 1. The molecule has 668 valence electrons. The Hall–Kier alpha value is -5.63. The Morgan fingerprint density at radius 3 is 1.18 bits per heavy atom. The second-order valence-electron chi connectivity index (χ2n) is 40.0. The molecule has 0 saturated heterocycles. The zero-order chi connectivity index (χ0) is 88.2. The molecule has 0 heterocycles. The molecule has 121 heavy (non-hydrogen) atoms. The van der Waals surface area contributed by atoms with Gasteiger partial charge in [0, 0.05) is 40.2 Å². The Morgan fingerprint density at radius 2 is 0.810 bits per heavy atom. The van der Waals surface area contributed by atoms with E-state index in [0.29, 0.717) is 87.6 Å². The first-order chi connectivity index (χ1) is 56.9. The Balaban J connectivity index is 0.000000170. The number of nitrogens with one attached hydrogen (secondary N) is 1. The summed E-state index contributed by atoms with van der Waals surface area (Å²) in [6.45, 7) is 35.3. The van der Waals surface area contributed by atoms with Crippen molar-refractivity contribution in [1.29, 1.82) is 4.78 Å². The predicted octanol–water partition coefficient (Wildman–Crippen LogP) is 24.6. The molecular formula is C104H150FNO11S4. The summed E-state index contributed by atoms with van der Waals surface area (Å²) >= 11 is 0. The van der Waals surface area contributed by atoms with Crippen molar-refractivity contribution < 1.29 is 54.3 Å². The van der Waals surface area contributed by atoms with Crippen molar-refractivity contribution in [2.24, 2.45) is 80.8 Å². The number of aliphatic hydroxyl groups excluding tert-OH is 4. The van der Waals surface area contributed by atoms with E-state index in [1.54, 1.807) is 11.1 Å². The molecule has 0 aliphatic heterocycles. The van der Waals surface area contributed by atoms with Crippen molar-refractivity contribution >= 4 is 39.2 Å². The van der Waals surface area contributed by atoms with Crippen LogP contribution in [0.15, 0.2) is 235 Å². The van der Waals surface area contributed by atoms with E-state index < -0.39 is 44.4 Å². The molecule has 19 atom stereocenters. The molecule has 12 aliphatic carbocycles. The molecule has 6 unspecified atom stereocenters. The van der Waals surface area contributed by atoms with Crippen LogP contribution in [0.5, 0.6) is 0 Å². The number of benzene rings is 1. The van der Waals surface area contributed by atoms with Crippen LogP contribution in [0.1, 0.15) is 274 Å². The second kappa shape index (κ2) is 41.9. The number of fused-ring (bicyclic) bond motifs is 4. The number of hydrogen-bond acceptors (Lipinski definition) is 12. The fraction of sp³-hybridized carbons (Fsp3) is 0.615. The van der Waals surface area contributed by atoms with Crippen molar-refractivity contribution in [3.05, 3.63) is 230 Å². The second-order valence-corrected chi connectivity index (χ2v) is 48.0. The van der Waals surface area contributed by atoms with Gasteiger partial charge in [-0.3, -0.25) is 0 Å². The van der Waals surface area contributed by atoms with E-state index >= 15 is 0 Å². The number of rotatable bonds is 21. The molecule has 12 nitrogen and oxygen atoms in total. The summed E-state index contributed by atoms with van der Waals surface area (Å²) in [6, 6.07) is 9.34. The van der Waals surface area contributed by atoms with Gasteiger partial charge in [0.15, 0.2) is 19.7 Å². The van der Waals surface area contributed by atoms with Gasteiger partial charge in [-0.05, 0) is 340 Å². The number of hydrogen-bond donors (Lipinski definition) is 5. The molecule has 10 fully saturated rings. The van der Waals surface area contributed by atoms with Gasteiger partial charge in [-0.25, -0.2) is 34.2 Å². The van der Waals surface area contributed by atoms with E-state index in [4.69, 9.17) is 4.78 Å². The number of sulfone groups is 3. The largest absolute Gasteiger partial charge is 0.393 e. The molecule has 0 radical (unpaired) electrons.